The molecule has 0 unspecified atom stereocenters. The predicted octanol–water partition coefficient (Wildman–Crippen LogP) is 5.25. The molecule has 1 aromatic heterocycles. The summed E-state index contributed by atoms with van der Waals surface area (Å²) in [7, 11) is 0. The second-order valence-corrected chi connectivity index (χ2v) is 8.80. The number of carbonyl (C=O) groups excluding carboxylic acids is 1. The van der Waals surface area contributed by atoms with Crippen LogP contribution in [0.2, 0.25) is 0 Å². The molecule has 1 aliphatic rings. The van der Waals surface area contributed by atoms with E-state index in [4.69, 9.17) is 4.42 Å². The van der Waals surface area contributed by atoms with Crippen molar-refractivity contribution in [2.24, 2.45) is 5.41 Å². The minimum atomic E-state index is -4.58. The van der Waals surface area contributed by atoms with Crippen LogP contribution in [0.1, 0.15) is 55.7 Å². The molecule has 0 atom stereocenters. The number of carbonyl (C=O) groups is 1. The molecule has 29 heavy (non-hydrogen) atoms. The first kappa shape index (κ1) is 21.2. The molecule has 5 nitrogen and oxygen atoms in total. The van der Waals surface area contributed by atoms with Gasteiger partial charge in [0.15, 0.2) is 0 Å². The van der Waals surface area contributed by atoms with Gasteiger partial charge < -0.3 is 14.6 Å². The largest absolute Gasteiger partial charge is 0.468 e. The number of aryl methyl sites for hydroxylation is 2. The summed E-state index contributed by atoms with van der Waals surface area (Å²) in [6.07, 6.45) is -3.78. The summed E-state index contributed by atoms with van der Waals surface area (Å²) in [6.45, 7) is 10.6. The maximum atomic E-state index is 12.8. The van der Waals surface area contributed by atoms with Crippen LogP contribution < -0.4 is 10.2 Å². The number of alkyl halides is 3. The molecule has 0 bridgehead atoms. The van der Waals surface area contributed by atoms with Crippen LogP contribution in [0.15, 0.2) is 16.5 Å². The molecule has 1 amide bonds. The monoisotopic (exact) mass is 409 g/mol. The van der Waals surface area contributed by atoms with E-state index in [2.05, 4.69) is 10.3 Å². The van der Waals surface area contributed by atoms with Gasteiger partial charge in [0, 0.05) is 30.8 Å². The minimum absolute atomic E-state index is 0.0413. The fraction of sp³-hybridized carbons (Fsp3) is 0.524. The molecule has 3 rings (SSSR count). The Hall–Kier alpha value is -2.51. The number of hydrogen-bond donors (Lipinski definition) is 1. The molecule has 8 heteroatoms. The number of rotatable bonds is 3. The van der Waals surface area contributed by atoms with Crippen LogP contribution in [0.5, 0.6) is 0 Å². The molecule has 0 fully saturated rings. The Bertz CT molecular complexity index is 903. The molecule has 2 heterocycles. The number of nitrogens with one attached hydrogen (secondary N) is 1. The van der Waals surface area contributed by atoms with E-state index in [0.29, 0.717) is 25.1 Å². The number of halogens is 3. The average molecular weight is 409 g/mol. The van der Waals surface area contributed by atoms with E-state index in [1.165, 1.54) is 0 Å². The highest BCUT2D eigenvalue weighted by Gasteiger charge is 2.39. The Labute approximate surface area is 168 Å². The van der Waals surface area contributed by atoms with Crippen LogP contribution in [-0.2, 0) is 23.9 Å². The van der Waals surface area contributed by atoms with E-state index in [1.807, 2.05) is 51.7 Å². The van der Waals surface area contributed by atoms with Gasteiger partial charge in [-0.15, -0.1) is 0 Å². The third-order valence-corrected chi connectivity index (χ3v) is 4.81. The van der Waals surface area contributed by atoms with Crippen molar-refractivity contribution in [2.75, 3.05) is 16.8 Å². The van der Waals surface area contributed by atoms with Crippen LogP contribution in [0, 0.1) is 19.3 Å². The summed E-state index contributed by atoms with van der Waals surface area (Å²) in [5.74, 6) is -0.976. The number of hydrogen-bond acceptors (Lipinski definition) is 4. The van der Waals surface area contributed by atoms with Crippen molar-refractivity contribution in [1.82, 2.24) is 4.98 Å². The number of amides is 1. The van der Waals surface area contributed by atoms with Crippen molar-refractivity contribution >= 4 is 17.3 Å². The Morgan fingerprint density at radius 1 is 1.21 bits per heavy atom. The van der Waals surface area contributed by atoms with Gasteiger partial charge in [-0.1, -0.05) is 20.8 Å². The molecule has 0 radical (unpaired) electrons. The van der Waals surface area contributed by atoms with Crippen molar-refractivity contribution in [2.45, 2.75) is 60.2 Å². The van der Waals surface area contributed by atoms with Gasteiger partial charge in [-0.2, -0.15) is 13.2 Å². The van der Waals surface area contributed by atoms with Gasteiger partial charge in [-0.05, 0) is 42.5 Å². The lowest BCUT2D eigenvalue weighted by Gasteiger charge is -2.29. The van der Waals surface area contributed by atoms with Gasteiger partial charge in [-0.25, -0.2) is 4.98 Å². The van der Waals surface area contributed by atoms with Crippen LogP contribution in [0.25, 0.3) is 0 Å². The lowest BCUT2D eigenvalue weighted by molar-refractivity contribution is -0.157. The van der Waals surface area contributed by atoms with E-state index in [9.17, 15) is 18.0 Å². The van der Waals surface area contributed by atoms with Gasteiger partial charge in [0.05, 0.1) is 12.2 Å². The second-order valence-electron chi connectivity index (χ2n) is 8.80. The van der Waals surface area contributed by atoms with Gasteiger partial charge in [0.1, 0.15) is 5.76 Å². The van der Waals surface area contributed by atoms with Gasteiger partial charge in [0.2, 0.25) is 5.91 Å². The lowest BCUT2D eigenvalue weighted by Crippen LogP contribution is -2.30. The highest BCUT2D eigenvalue weighted by Crippen LogP contribution is 2.34. The third kappa shape index (κ3) is 4.92. The van der Waals surface area contributed by atoms with Crippen molar-refractivity contribution in [1.29, 1.82) is 0 Å². The fourth-order valence-corrected chi connectivity index (χ4v) is 3.52. The molecule has 0 spiro atoms. The zero-order valence-corrected chi connectivity index (χ0v) is 17.3. The van der Waals surface area contributed by atoms with Gasteiger partial charge >= 0.3 is 12.1 Å². The summed E-state index contributed by atoms with van der Waals surface area (Å²) < 4.78 is 43.5. The molecular weight excluding hydrogens is 383 g/mol. The van der Waals surface area contributed by atoms with Crippen molar-refractivity contribution in [3.63, 3.8) is 0 Å². The van der Waals surface area contributed by atoms with E-state index < -0.39 is 12.1 Å². The Morgan fingerprint density at radius 2 is 1.83 bits per heavy atom. The Morgan fingerprint density at radius 3 is 2.38 bits per heavy atom. The van der Waals surface area contributed by atoms with Crippen molar-refractivity contribution in [3.05, 3.63) is 40.6 Å². The lowest BCUT2D eigenvalue weighted by atomic mass is 9.92. The minimum Gasteiger partial charge on any atom is -0.436 e. The molecular formula is C21H26F3N3O2. The molecule has 2 aromatic rings. The Balaban J connectivity index is 1.79. The average Bonchev–Trinajstić information content (AvgIpc) is 3.00. The van der Waals surface area contributed by atoms with E-state index in [0.717, 1.165) is 22.5 Å². The molecule has 158 valence electrons. The number of anilines is 2. The second kappa shape index (κ2) is 7.39. The van der Waals surface area contributed by atoms with Crippen molar-refractivity contribution in [3.8, 4) is 0 Å². The molecule has 1 aliphatic heterocycles. The first-order valence-electron chi connectivity index (χ1n) is 9.55. The number of benzene rings is 1. The van der Waals surface area contributed by atoms with Crippen LogP contribution in [0.4, 0.5) is 24.5 Å². The fourth-order valence-electron chi connectivity index (χ4n) is 3.52. The normalized spacial score (nSPS) is 14.7. The van der Waals surface area contributed by atoms with E-state index in [1.54, 1.807) is 0 Å². The predicted molar refractivity (Wildman–Crippen MR) is 105 cm³/mol. The van der Waals surface area contributed by atoms with Crippen LogP contribution in [0.3, 0.4) is 0 Å². The highest BCUT2D eigenvalue weighted by atomic mass is 19.4. The van der Waals surface area contributed by atoms with E-state index in [-0.39, 0.29) is 23.6 Å². The highest BCUT2D eigenvalue weighted by molar-refractivity contribution is 5.93. The number of fused-ring (bicyclic) bond motifs is 1. The summed E-state index contributed by atoms with van der Waals surface area (Å²) >= 11 is 0. The number of nitrogens with zero attached hydrogens (tertiary/aromatic N) is 2. The summed E-state index contributed by atoms with van der Waals surface area (Å²) in [6, 6.07) is 3.87. The van der Waals surface area contributed by atoms with Crippen molar-refractivity contribution < 1.29 is 22.4 Å². The maximum absolute atomic E-state index is 12.8. The smallest absolute Gasteiger partial charge is 0.436 e. The molecule has 0 aliphatic carbocycles. The number of oxazole rings is 1. The summed E-state index contributed by atoms with van der Waals surface area (Å²) in [5.41, 5.74) is 3.73. The molecule has 1 aromatic carbocycles. The van der Waals surface area contributed by atoms with Crippen LogP contribution in [-0.4, -0.2) is 17.4 Å². The number of aromatic nitrogens is 1. The van der Waals surface area contributed by atoms with Gasteiger partial charge in [0.25, 0.3) is 0 Å². The zero-order chi connectivity index (χ0) is 21.6. The quantitative estimate of drug-likeness (QED) is 0.752. The molecule has 0 saturated carbocycles. The zero-order valence-electron chi connectivity index (χ0n) is 17.3. The van der Waals surface area contributed by atoms with E-state index >= 15 is 0 Å². The van der Waals surface area contributed by atoms with Gasteiger partial charge in [-0.3, -0.25) is 4.79 Å². The summed E-state index contributed by atoms with van der Waals surface area (Å²) in [5, 5.41) is 2.99. The maximum Gasteiger partial charge on any atom is 0.468 e. The standard InChI is InChI=1S/C21H26F3N3O2/c1-12-8-14(9-13(2)18(12)26-17(28)10-20(3,4)5)27-7-6-15-16(11-27)29-19(25-15)21(22,23)24/h8-9H,6-7,10-11H2,1-5H3,(H,26,28). The molecule has 1 N–H and O–H groups in total. The summed E-state index contributed by atoms with van der Waals surface area (Å²) in [4.78, 5) is 17.9. The topological polar surface area (TPSA) is 58.4 Å². The first-order valence-corrected chi connectivity index (χ1v) is 9.55. The van der Waals surface area contributed by atoms with Crippen LogP contribution >= 0.6 is 0 Å². The SMILES string of the molecule is Cc1cc(N2CCc3nc(C(F)(F)F)oc3C2)cc(C)c1NC(=O)CC(C)(C)C. The Kier molecular flexibility index (Phi) is 5.40. The first-order chi connectivity index (χ1) is 13.3. The molecule has 0 saturated heterocycles. The third-order valence-electron chi connectivity index (χ3n) is 4.81.